The number of carboxylic acid groups (broad SMARTS) is 1. The molecular formula is C18H18F2N4O3. The number of aromatic amines is 1. The largest absolute Gasteiger partial charge is 0.481 e. The van der Waals surface area contributed by atoms with Gasteiger partial charge < -0.3 is 15.4 Å². The van der Waals surface area contributed by atoms with E-state index in [4.69, 9.17) is 5.11 Å². The highest BCUT2D eigenvalue weighted by Gasteiger charge is 2.19. The van der Waals surface area contributed by atoms with Crippen LogP contribution in [0.4, 0.5) is 14.6 Å². The summed E-state index contributed by atoms with van der Waals surface area (Å²) >= 11 is 0. The fraction of sp³-hybridized carbons (Fsp3) is 0.278. The van der Waals surface area contributed by atoms with E-state index in [-0.39, 0.29) is 34.7 Å². The Morgan fingerprint density at radius 3 is 2.74 bits per heavy atom. The number of aromatic nitrogens is 3. The average molecular weight is 376 g/mol. The van der Waals surface area contributed by atoms with E-state index in [0.717, 1.165) is 16.8 Å². The monoisotopic (exact) mass is 376 g/mol. The van der Waals surface area contributed by atoms with Gasteiger partial charge in [0.05, 0.1) is 17.6 Å². The Balaban J connectivity index is 2.04. The van der Waals surface area contributed by atoms with Crippen LogP contribution >= 0.6 is 0 Å². The van der Waals surface area contributed by atoms with Crippen molar-refractivity contribution in [1.82, 2.24) is 14.8 Å². The van der Waals surface area contributed by atoms with Gasteiger partial charge >= 0.3 is 5.97 Å². The van der Waals surface area contributed by atoms with Crippen molar-refractivity contribution in [2.24, 2.45) is 5.92 Å². The third-order valence-electron chi connectivity index (χ3n) is 4.25. The smallest absolute Gasteiger partial charge is 0.305 e. The summed E-state index contributed by atoms with van der Waals surface area (Å²) in [6.45, 7) is 3.73. The Labute approximate surface area is 152 Å². The zero-order chi connectivity index (χ0) is 19.7. The lowest BCUT2D eigenvalue weighted by Gasteiger charge is -2.21. The van der Waals surface area contributed by atoms with Crippen molar-refractivity contribution in [3.63, 3.8) is 0 Å². The quantitative estimate of drug-likeness (QED) is 0.614. The van der Waals surface area contributed by atoms with Crippen LogP contribution < -0.4 is 10.9 Å². The number of carbonyl (C=O) groups is 1. The van der Waals surface area contributed by atoms with E-state index >= 15 is 0 Å². The highest BCUT2D eigenvalue weighted by molar-refractivity contribution is 5.88. The van der Waals surface area contributed by atoms with Gasteiger partial charge in [-0.05, 0) is 18.1 Å². The van der Waals surface area contributed by atoms with Crippen LogP contribution in [0.25, 0.3) is 16.6 Å². The lowest BCUT2D eigenvalue weighted by Crippen LogP contribution is -2.30. The number of rotatable bonds is 6. The van der Waals surface area contributed by atoms with Crippen molar-refractivity contribution in [2.45, 2.75) is 26.3 Å². The Kier molecular flexibility index (Phi) is 4.93. The van der Waals surface area contributed by atoms with Gasteiger partial charge in [-0.15, -0.1) is 5.10 Å². The molecule has 0 bridgehead atoms. The lowest BCUT2D eigenvalue weighted by molar-refractivity contribution is -0.137. The Morgan fingerprint density at radius 2 is 2.07 bits per heavy atom. The first-order valence-electron chi connectivity index (χ1n) is 8.31. The molecule has 0 aliphatic rings. The first kappa shape index (κ1) is 18.6. The molecular weight excluding hydrogens is 358 g/mol. The number of nitrogens with one attached hydrogen (secondary N) is 2. The van der Waals surface area contributed by atoms with E-state index in [2.05, 4.69) is 15.4 Å². The number of aliphatic carboxylic acids is 1. The van der Waals surface area contributed by atoms with Crippen LogP contribution in [0.1, 0.15) is 20.3 Å². The minimum Gasteiger partial charge on any atom is -0.481 e. The van der Waals surface area contributed by atoms with E-state index in [1.54, 1.807) is 0 Å². The number of H-pyrrole nitrogens is 1. The molecule has 0 fully saturated rings. The van der Waals surface area contributed by atoms with Gasteiger partial charge in [0.15, 0.2) is 0 Å². The lowest BCUT2D eigenvalue weighted by atomic mass is 10.0. The van der Waals surface area contributed by atoms with Crippen molar-refractivity contribution in [2.75, 3.05) is 5.32 Å². The molecule has 3 rings (SSSR count). The Hall–Kier alpha value is -3.23. The fourth-order valence-electron chi connectivity index (χ4n) is 2.81. The van der Waals surface area contributed by atoms with Crippen LogP contribution in [-0.4, -0.2) is 31.9 Å². The molecule has 0 saturated heterocycles. The van der Waals surface area contributed by atoms with Crippen LogP contribution in [0.15, 0.2) is 35.3 Å². The Morgan fingerprint density at radius 1 is 1.33 bits per heavy atom. The fourth-order valence-corrected chi connectivity index (χ4v) is 2.81. The van der Waals surface area contributed by atoms with Crippen molar-refractivity contribution in [3.8, 4) is 5.69 Å². The summed E-state index contributed by atoms with van der Waals surface area (Å²) in [5.41, 5.74) is -0.244. The summed E-state index contributed by atoms with van der Waals surface area (Å²) in [6.07, 6.45) is 1.24. The normalized spacial score (nSPS) is 12.5. The molecule has 27 heavy (non-hydrogen) atoms. The molecule has 1 atom stereocenters. The van der Waals surface area contributed by atoms with Gasteiger partial charge in [0.25, 0.3) is 5.56 Å². The van der Waals surface area contributed by atoms with E-state index < -0.39 is 29.2 Å². The molecule has 7 nitrogen and oxygen atoms in total. The van der Waals surface area contributed by atoms with Crippen LogP contribution in [0.2, 0.25) is 0 Å². The second kappa shape index (κ2) is 7.18. The van der Waals surface area contributed by atoms with E-state index in [1.807, 2.05) is 13.8 Å². The number of anilines is 1. The molecule has 0 radical (unpaired) electrons. The van der Waals surface area contributed by atoms with Crippen molar-refractivity contribution >= 4 is 22.7 Å². The highest BCUT2D eigenvalue weighted by atomic mass is 19.1. The highest BCUT2D eigenvalue weighted by Crippen LogP contribution is 2.24. The third kappa shape index (κ3) is 3.81. The second-order valence-electron chi connectivity index (χ2n) is 6.55. The molecule has 1 aromatic carbocycles. The Bertz CT molecular complexity index is 1060. The van der Waals surface area contributed by atoms with Gasteiger partial charge in [-0.25, -0.2) is 8.78 Å². The van der Waals surface area contributed by atoms with Crippen LogP contribution in [0.3, 0.4) is 0 Å². The standard InChI is InChI=1S/C18H18F2N4O3/c1-9(2)13(7-17(26)27)22-15-3-4-16(25)24(23-15)14-8-21-18-11(14)5-10(19)6-12(18)20/h3-6,8-9,13,21H,7H2,1-2H3,(H,22,23)(H,26,27)/t13-/m1/s1. The maximum atomic E-state index is 13.9. The van der Waals surface area contributed by atoms with Crippen molar-refractivity contribution in [3.05, 3.63) is 52.5 Å². The van der Waals surface area contributed by atoms with Crippen LogP contribution in [0, 0.1) is 17.6 Å². The predicted molar refractivity (Wildman–Crippen MR) is 96.1 cm³/mol. The SMILES string of the molecule is CC(C)[C@@H](CC(=O)O)Nc1ccc(=O)n(-c2c[nH]c3c(F)cc(F)cc23)n1. The molecule has 0 aliphatic heterocycles. The van der Waals surface area contributed by atoms with Gasteiger partial charge in [-0.1, -0.05) is 13.8 Å². The summed E-state index contributed by atoms with van der Waals surface area (Å²) in [5.74, 6) is -2.23. The van der Waals surface area contributed by atoms with Crippen molar-refractivity contribution < 1.29 is 18.7 Å². The predicted octanol–water partition coefficient (Wildman–Crippen LogP) is 2.90. The summed E-state index contributed by atoms with van der Waals surface area (Å²) in [6, 6.07) is 4.14. The molecule has 2 heterocycles. The van der Waals surface area contributed by atoms with Gasteiger partial charge in [-0.3, -0.25) is 9.59 Å². The van der Waals surface area contributed by atoms with Crippen LogP contribution in [-0.2, 0) is 4.79 Å². The topological polar surface area (TPSA) is 100 Å². The zero-order valence-electron chi connectivity index (χ0n) is 14.7. The number of hydrogen-bond donors (Lipinski definition) is 3. The van der Waals surface area contributed by atoms with Gasteiger partial charge in [0.1, 0.15) is 17.5 Å². The third-order valence-corrected chi connectivity index (χ3v) is 4.25. The molecule has 142 valence electrons. The molecule has 9 heteroatoms. The van der Waals surface area contributed by atoms with E-state index in [9.17, 15) is 18.4 Å². The first-order chi connectivity index (χ1) is 12.8. The summed E-state index contributed by atoms with van der Waals surface area (Å²) in [7, 11) is 0. The molecule has 0 unspecified atom stereocenters. The number of halogens is 2. The molecule has 0 saturated carbocycles. The van der Waals surface area contributed by atoms with Gasteiger partial charge in [0, 0.05) is 29.8 Å². The minimum absolute atomic E-state index is 0.000409. The summed E-state index contributed by atoms with van der Waals surface area (Å²) in [5, 5.41) is 16.4. The number of nitrogens with zero attached hydrogens (tertiary/aromatic N) is 2. The molecule has 0 spiro atoms. The van der Waals surface area contributed by atoms with E-state index in [1.165, 1.54) is 18.3 Å². The van der Waals surface area contributed by atoms with Crippen molar-refractivity contribution in [1.29, 1.82) is 0 Å². The van der Waals surface area contributed by atoms with Gasteiger partial charge in [0.2, 0.25) is 0 Å². The summed E-state index contributed by atoms with van der Waals surface area (Å²) in [4.78, 5) is 26.0. The van der Waals surface area contributed by atoms with Gasteiger partial charge in [-0.2, -0.15) is 4.68 Å². The number of hydrogen-bond acceptors (Lipinski definition) is 4. The average Bonchev–Trinajstić information content (AvgIpc) is 2.99. The maximum absolute atomic E-state index is 13.9. The molecule has 3 aromatic rings. The molecule has 2 aromatic heterocycles. The molecule has 0 amide bonds. The molecule has 0 aliphatic carbocycles. The zero-order valence-corrected chi connectivity index (χ0v) is 14.7. The number of carboxylic acids is 1. The second-order valence-corrected chi connectivity index (χ2v) is 6.55. The van der Waals surface area contributed by atoms with Crippen LogP contribution in [0.5, 0.6) is 0 Å². The van der Waals surface area contributed by atoms with E-state index in [0.29, 0.717) is 0 Å². The maximum Gasteiger partial charge on any atom is 0.305 e. The number of benzene rings is 1. The number of fused-ring (bicyclic) bond motifs is 1. The molecule has 3 N–H and O–H groups in total. The minimum atomic E-state index is -0.961. The summed E-state index contributed by atoms with van der Waals surface area (Å²) < 4.78 is 28.5. The first-order valence-corrected chi connectivity index (χ1v) is 8.31.